The van der Waals surface area contributed by atoms with Crippen LogP contribution >= 0.6 is 0 Å². The van der Waals surface area contributed by atoms with Gasteiger partial charge in [-0.15, -0.1) is 0 Å². The number of methoxy groups -OCH3 is 1. The number of aromatic nitrogens is 4. The SMILES string of the molecule is COC(C)c1c(C)c2cc3nc(cc4[nH]c(cc5nc(cc1[nH]2)C(C)=C5C)c(C)c4C)C(C)=C3C. The molecule has 0 aromatic carbocycles. The van der Waals surface area contributed by atoms with E-state index in [2.05, 4.69) is 89.6 Å². The second kappa shape index (κ2) is 8.35. The van der Waals surface area contributed by atoms with Crippen LogP contribution in [0.5, 0.6) is 0 Å². The van der Waals surface area contributed by atoms with Crippen molar-refractivity contribution in [2.45, 2.75) is 61.5 Å². The van der Waals surface area contributed by atoms with Gasteiger partial charge in [0.15, 0.2) is 0 Å². The number of rotatable bonds is 2. The van der Waals surface area contributed by atoms with E-state index in [-0.39, 0.29) is 6.10 Å². The lowest BCUT2D eigenvalue weighted by molar-refractivity contribution is 0.120. The molecule has 0 spiro atoms. The molecule has 0 amide bonds. The Morgan fingerprint density at radius 2 is 0.914 bits per heavy atom. The van der Waals surface area contributed by atoms with Gasteiger partial charge in [-0.1, -0.05) is 0 Å². The third-order valence-electron chi connectivity index (χ3n) is 8.04. The lowest BCUT2D eigenvalue weighted by Gasteiger charge is -2.09. The van der Waals surface area contributed by atoms with Gasteiger partial charge in [0.05, 0.1) is 28.9 Å². The number of ether oxygens (including phenoxy) is 1. The molecule has 3 aromatic rings. The topological polar surface area (TPSA) is 66.6 Å². The number of H-pyrrole nitrogens is 2. The first-order valence-electron chi connectivity index (χ1n) is 12.2. The zero-order valence-electron chi connectivity index (χ0n) is 22.2. The first-order valence-corrected chi connectivity index (χ1v) is 12.2. The highest BCUT2D eigenvalue weighted by Gasteiger charge is 2.19. The quantitative estimate of drug-likeness (QED) is 0.404. The van der Waals surface area contributed by atoms with Crippen molar-refractivity contribution in [2.24, 2.45) is 0 Å². The molecule has 0 fully saturated rings. The molecule has 5 rings (SSSR count). The molecule has 8 bridgehead atoms. The molecule has 5 nitrogen and oxygen atoms in total. The molecule has 0 saturated heterocycles. The maximum absolute atomic E-state index is 5.76. The van der Waals surface area contributed by atoms with Crippen molar-refractivity contribution in [2.75, 3.05) is 7.11 Å². The molecule has 180 valence electrons. The van der Waals surface area contributed by atoms with Gasteiger partial charge >= 0.3 is 0 Å². The van der Waals surface area contributed by atoms with Crippen molar-refractivity contribution in [3.05, 3.63) is 69.3 Å². The number of allylic oxidation sites excluding steroid dienone is 4. The maximum Gasteiger partial charge on any atom is 0.0816 e. The standard InChI is InChI=1S/C30H34N4O/c1-14-15(2)23-11-25-18(5)19(6)27(33-25)13-29-30(21(8)35-9)20(7)28(34-29)12-26-17(4)16(3)24(32-26)10-22(14)31-23/h10-13,21,31,34H,1-9H3. The lowest BCUT2D eigenvalue weighted by Crippen LogP contribution is -1.96. The minimum Gasteiger partial charge on any atom is -0.377 e. The summed E-state index contributed by atoms with van der Waals surface area (Å²) in [4.78, 5) is 17.4. The van der Waals surface area contributed by atoms with Gasteiger partial charge in [0, 0.05) is 34.7 Å². The number of nitrogens with zero attached hydrogens (tertiary/aromatic N) is 2. The average Bonchev–Trinajstić information content (AvgIpc) is 3.46. The zero-order valence-corrected chi connectivity index (χ0v) is 22.2. The number of fused-ring (bicyclic) bond motifs is 8. The minimum absolute atomic E-state index is 0.0499. The van der Waals surface area contributed by atoms with E-state index in [1.165, 1.54) is 39.0 Å². The first-order chi connectivity index (χ1) is 16.6. The highest BCUT2D eigenvalue weighted by molar-refractivity contribution is 5.94. The number of hydrogen-bond acceptors (Lipinski definition) is 3. The van der Waals surface area contributed by atoms with Crippen molar-refractivity contribution in [3.8, 4) is 0 Å². The molecular formula is C30H34N4O. The normalized spacial score (nSPS) is 14.8. The van der Waals surface area contributed by atoms with Gasteiger partial charge in [-0.25, -0.2) is 9.97 Å². The van der Waals surface area contributed by atoms with E-state index in [1.807, 2.05) is 0 Å². The maximum atomic E-state index is 5.76. The molecule has 1 unspecified atom stereocenters. The van der Waals surface area contributed by atoms with Gasteiger partial charge in [0.1, 0.15) is 0 Å². The van der Waals surface area contributed by atoms with Crippen LogP contribution in [0.3, 0.4) is 0 Å². The highest BCUT2D eigenvalue weighted by Crippen LogP contribution is 2.35. The fourth-order valence-electron chi connectivity index (χ4n) is 5.05. The Hall–Kier alpha value is -3.44. The van der Waals surface area contributed by atoms with Crippen LogP contribution in [-0.4, -0.2) is 27.0 Å². The molecule has 0 aliphatic carbocycles. The molecule has 2 aliphatic rings. The molecule has 2 N–H and O–H groups in total. The number of aromatic amines is 2. The molecular weight excluding hydrogens is 432 g/mol. The zero-order chi connectivity index (χ0) is 25.2. The van der Waals surface area contributed by atoms with Crippen LogP contribution in [0, 0.1) is 20.8 Å². The summed E-state index contributed by atoms with van der Waals surface area (Å²) in [6, 6.07) is 8.67. The molecule has 5 heteroatoms. The van der Waals surface area contributed by atoms with E-state index in [1.54, 1.807) is 7.11 Å². The number of nitrogens with one attached hydrogen (secondary N) is 2. The summed E-state index contributed by atoms with van der Waals surface area (Å²) >= 11 is 0. The Kier molecular flexibility index (Phi) is 5.56. The average molecular weight is 467 g/mol. The van der Waals surface area contributed by atoms with Crippen molar-refractivity contribution >= 4 is 44.4 Å². The summed E-state index contributed by atoms with van der Waals surface area (Å²) in [7, 11) is 1.76. The van der Waals surface area contributed by atoms with Gasteiger partial charge < -0.3 is 14.7 Å². The van der Waals surface area contributed by atoms with E-state index in [0.29, 0.717) is 0 Å². The Labute approximate surface area is 207 Å². The summed E-state index contributed by atoms with van der Waals surface area (Å²) in [5.74, 6) is 0. The van der Waals surface area contributed by atoms with E-state index >= 15 is 0 Å². The van der Waals surface area contributed by atoms with Gasteiger partial charge in [0.25, 0.3) is 0 Å². The van der Waals surface area contributed by atoms with E-state index in [0.717, 1.165) is 50.4 Å². The first kappa shape index (κ1) is 23.3. The third-order valence-corrected chi connectivity index (χ3v) is 8.04. The van der Waals surface area contributed by atoms with E-state index in [4.69, 9.17) is 14.7 Å². The van der Waals surface area contributed by atoms with E-state index in [9.17, 15) is 0 Å². The lowest BCUT2D eigenvalue weighted by atomic mass is 10.0. The predicted molar refractivity (Wildman–Crippen MR) is 147 cm³/mol. The van der Waals surface area contributed by atoms with Gasteiger partial charge in [-0.3, -0.25) is 0 Å². The fraction of sp³-hybridized carbons (Fsp3) is 0.333. The fourth-order valence-corrected chi connectivity index (χ4v) is 5.05. The highest BCUT2D eigenvalue weighted by atomic mass is 16.5. The van der Waals surface area contributed by atoms with Crippen LogP contribution in [-0.2, 0) is 4.74 Å². The van der Waals surface area contributed by atoms with Crippen LogP contribution in [0.2, 0.25) is 0 Å². The van der Waals surface area contributed by atoms with E-state index < -0.39 is 0 Å². The summed E-state index contributed by atoms with van der Waals surface area (Å²) in [6.07, 6.45) is -0.0499. The predicted octanol–water partition coefficient (Wildman–Crippen LogP) is 7.85. The van der Waals surface area contributed by atoms with Crippen molar-refractivity contribution < 1.29 is 4.74 Å². The Bertz CT molecular complexity index is 1610. The smallest absolute Gasteiger partial charge is 0.0816 e. The van der Waals surface area contributed by atoms with Crippen molar-refractivity contribution in [1.82, 2.24) is 19.9 Å². The summed E-state index contributed by atoms with van der Waals surface area (Å²) in [5, 5.41) is 0. The van der Waals surface area contributed by atoms with Crippen LogP contribution in [0.25, 0.3) is 44.4 Å². The molecule has 3 aromatic heterocycles. The summed E-state index contributed by atoms with van der Waals surface area (Å²) < 4.78 is 5.76. The molecule has 1 atom stereocenters. The monoisotopic (exact) mass is 466 g/mol. The Morgan fingerprint density at radius 3 is 1.31 bits per heavy atom. The number of aryl methyl sites for hydroxylation is 3. The van der Waals surface area contributed by atoms with Crippen LogP contribution in [0.1, 0.15) is 85.8 Å². The Morgan fingerprint density at radius 1 is 0.571 bits per heavy atom. The largest absolute Gasteiger partial charge is 0.377 e. The summed E-state index contributed by atoms with van der Waals surface area (Å²) in [5.41, 5.74) is 17.8. The van der Waals surface area contributed by atoms with Crippen LogP contribution in [0.4, 0.5) is 0 Å². The van der Waals surface area contributed by atoms with Crippen molar-refractivity contribution in [3.63, 3.8) is 0 Å². The van der Waals surface area contributed by atoms with Gasteiger partial charge in [0.2, 0.25) is 0 Å². The molecule has 0 radical (unpaired) electrons. The molecule has 2 aliphatic heterocycles. The second-order valence-electron chi connectivity index (χ2n) is 9.91. The second-order valence-corrected chi connectivity index (χ2v) is 9.91. The molecule has 0 saturated carbocycles. The minimum atomic E-state index is -0.0499. The van der Waals surface area contributed by atoms with Gasteiger partial charge in [-0.05, 0) is 119 Å². The third kappa shape index (κ3) is 3.66. The number of hydrogen-bond donors (Lipinski definition) is 2. The van der Waals surface area contributed by atoms with Crippen LogP contribution < -0.4 is 0 Å². The van der Waals surface area contributed by atoms with Gasteiger partial charge in [-0.2, -0.15) is 0 Å². The molecule has 5 heterocycles. The summed E-state index contributed by atoms with van der Waals surface area (Å²) in [6.45, 7) is 17.2. The van der Waals surface area contributed by atoms with Crippen LogP contribution in [0.15, 0.2) is 24.3 Å². The van der Waals surface area contributed by atoms with Crippen molar-refractivity contribution in [1.29, 1.82) is 0 Å². The molecule has 35 heavy (non-hydrogen) atoms. The Balaban J connectivity index is 1.99.